The van der Waals surface area contributed by atoms with E-state index >= 15 is 0 Å². The van der Waals surface area contributed by atoms with Crippen LogP contribution in [0.4, 0.5) is 0 Å². The molecule has 2 unspecified atom stereocenters. The van der Waals surface area contributed by atoms with E-state index in [1.807, 2.05) is 24.3 Å². The van der Waals surface area contributed by atoms with Gasteiger partial charge in [-0.1, -0.05) is 13.8 Å². The van der Waals surface area contributed by atoms with Gasteiger partial charge in [0, 0.05) is 5.41 Å². The SMILES string of the molecule is CC(C)(c1cc(Br)c(OCC(O)CCl)c(Br)c1)c1cc(Br)c(OCC(O)CCl)c(Br)c1. The van der Waals surface area contributed by atoms with Gasteiger partial charge >= 0.3 is 0 Å². The van der Waals surface area contributed by atoms with Gasteiger partial charge < -0.3 is 19.7 Å². The van der Waals surface area contributed by atoms with E-state index < -0.39 is 12.2 Å². The molecule has 2 rings (SSSR count). The molecule has 0 aliphatic rings. The molecule has 0 radical (unpaired) electrons. The summed E-state index contributed by atoms with van der Waals surface area (Å²) in [6.07, 6.45) is -1.48. The fourth-order valence-corrected chi connectivity index (χ4v) is 5.74. The zero-order valence-electron chi connectivity index (χ0n) is 16.8. The summed E-state index contributed by atoms with van der Waals surface area (Å²) >= 11 is 25.6. The fraction of sp³-hybridized carbons (Fsp3) is 0.429. The van der Waals surface area contributed by atoms with Crippen molar-refractivity contribution in [2.45, 2.75) is 31.5 Å². The average Bonchev–Trinajstić information content (AvgIpc) is 2.71. The summed E-state index contributed by atoms with van der Waals surface area (Å²) < 4.78 is 14.5. The first kappa shape index (κ1) is 27.7. The highest BCUT2D eigenvalue weighted by Crippen LogP contribution is 2.44. The van der Waals surface area contributed by atoms with E-state index in [-0.39, 0.29) is 30.4 Å². The molecule has 0 aliphatic heterocycles. The highest BCUT2D eigenvalue weighted by atomic mass is 79.9. The Balaban J connectivity index is 2.34. The summed E-state index contributed by atoms with van der Waals surface area (Å²) in [4.78, 5) is 0. The zero-order chi connectivity index (χ0) is 23.3. The van der Waals surface area contributed by atoms with E-state index in [1.165, 1.54) is 0 Å². The Morgan fingerprint density at radius 1 is 0.742 bits per heavy atom. The number of halogens is 6. The minimum absolute atomic E-state index is 0.100. The van der Waals surface area contributed by atoms with E-state index in [2.05, 4.69) is 77.6 Å². The van der Waals surface area contributed by atoms with Gasteiger partial charge in [-0.3, -0.25) is 0 Å². The van der Waals surface area contributed by atoms with Crippen LogP contribution in [-0.2, 0) is 5.41 Å². The van der Waals surface area contributed by atoms with Crippen molar-refractivity contribution in [1.29, 1.82) is 0 Å². The van der Waals surface area contributed by atoms with E-state index in [1.54, 1.807) is 0 Å². The Hall–Kier alpha value is 0.460. The molecule has 0 heterocycles. The number of hydrogen-bond donors (Lipinski definition) is 2. The molecule has 0 aromatic heterocycles. The molecule has 0 amide bonds. The molecule has 0 saturated carbocycles. The van der Waals surface area contributed by atoms with Crippen LogP contribution >= 0.6 is 86.9 Å². The first-order valence-corrected chi connectivity index (χ1v) is 13.5. The lowest BCUT2D eigenvalue weighted by atomic mass is 9.78. The average molecular weight is 729 g/mol. The van der Waals surface area contributed by atoms with E-state index in [9.17, 15) is 10.2 Å². The summed E-state index contributed by atoms with van der Waals surface area (Å²) in [5.41, 5.74) is 1.72. The van der Waals surface area contributed by atoms with Crippen LogP contribution in [0.3, 0.4) is 0 Å². The fourth-order valence-electron chi connectivity index (χ4n) is 2.73. The summed E-state index contributed by atoms with van der Waals surface area (Å²) in [5.74, 6) is 1.42. The Labute approximate surface area is 226 Å². The minimum atomic E-state index is -0.738. The van der Waals surface area contributed by atoms with Crippen LogP contribution in [0.15, 0.2) is 42.2 Å². The van der Waals surface area contributed by atoms with Crippen molar-refractivity contribution in [2.24, 2.45) is 0 Å². The van der Waals surface area contributed by atoms with Gasteiger partial charge in [0.15, 0.2) is 0 Å². The van der Waals surface area contributed by atoms with Crippen molar-refractivity contribution in [3.63, 3.8) is 0 Å². The van der Waals surface area contributed by atoms with Crippen LogP contribution in [-0.4, -0.2) is 47.4 Å². The summed E-state index contributed by atoms with van der Waals surface area (Å²) in [7, 11) is 0. The maximum absolute atomic E-state index is 9.66. The topological polar surface area (TPSA) is 58.9 Å². The molecular weight excluding hydrogens is 707 g/mol. The quantitative estimate of drug-likeness (QED) is 0.259. The van der Waals surface area contributed by atoms with Gasteiger partial charge in [0.25, 0.3) is 0 Å². The summed E-state index contributed by atoms with van der Waals surface area (Å²) in [6, 6.07) is 7.98. The second-order valence-corrected chi connectivity index (χ2v) is 11.4. The number of rotatable bonds is 10. The van der Waals surface area contributed by atoms with Crippen molar-refractivity contribution < 1.29 is 19.7 Å². The van der Waals surface area contributed by atoms with Crippen molar-refractivity contribution in [3.05, 3.63) is 53.3 Å². The smallest absolute Gasteiger partial charge is 0.147 e. The molecule has 4 nitrogen and oxygen atoms in total. The van der Waals surface area contributed by atoms with Gasteiger partial charge in [0.05, 0.1) is 29.7 Å². The van der Waals surface area contributed by atoms with Crippen molar-refractivity contribution in [3.8, 4) is 11.5 Å². The van der Waals surface area contributed by atoms with Gasteiger partial charge in [-0.05, 0) is 99.1 Å². The normalized spacial score (nSPS) is 13.7. The van der Waals surface area contributed by atoms with Gasteiger partial charge in [-0.2, -0.15) is 0 Å². The van der Waals surface area contributed by atoms with Crippen molar-refractivity contribution >= 4 is 86.9 Å². The highest BCUT2D eigenvalue weighted by Gasteiger charge is 2.27. The third-order valence-electron chi connectivity index (χ3n) is 4.64. The number of benzene rings is 2. The molecule has 2 aromatic rings. The third kappa shape index (κ3) is 7.22. The molecular formula is C21H22Br4Cl2O4. The predicted molar refractivity (Wildman–Crippen MR) is 140 cm³/mol. The first-order valence-electron chi connectivity index (χ1n) is 9.23. The summed E-state index contributed by atoms with van der Waals surface area (Å²) in [5, 5.41) is 19.3. The van der Waals surface area contributed by atoms with E-state index in [0.29, 0.717) is 11.5 Å². The number of aliphatic hydroxyl groups excluding tert-OH is 2. The number of ether oxygens (including phenoxy) is 2. The van der Waals surface area contributed by atoms with Crippen LogP contribution in [0.25, 0.3) is 0 Å². The lowest BCUT2D eigenvalue weighted by Gasteiger charge is -2.28. The van der Waals surface area contributed by atoms with Gasteiger partial charge in [0.2, 0.25) is 0 Å². The Kier molecular flexibility index (Phi) is 10.9. The molecule has 31 heavy (non-hydrogen) atoms. The molecule has 0 fully saturated rings. The highest BCUT2D eigenvalue weighted by molar-refractivity contribution is 9.11. The maximum Gasteiger partial charge on any atom is 0.147 e. The molecule has 10 heteroatoms. The van der Waals surface area contributed by atoms with Gasteiger partial charge in [-0.15, -0.1) is 23.2 Å². The zero-order valence-corrected chi connectivity index (χ0v) is 24.6. The first-order chi connectivity index (χ1) is 14.5. The number of hydrogen-bond acceptors (Lipinski definition) is 4. The van der Waals surface area contributed by atoms with Gasteiger partial charge in [-0.25, -0.2) is 0 Å². The summed E-state index contributed by atoms with van der Waals surface area (Å²) in [6.45, 7) is 4.43. The monoisotopic (exact) mass is 724 g/mol. The largest absolute Gasteiger partial charge is 0.488 e. The lowest BCUT2D eigenvalue weighted by Crippen LogP contribution is -2.21. The lowest BCUT2D eigenvalue weighted by molar-refractivity contribution is 0.124. The standard InChI is InChI=1S/C21H22Br4Cl2O4/c1-21(2,11-3-15(22)19(16(23)4-11)30-9-13(28)7-26)12-5-17(24)20(18(25)6-12)31-10-14(29)8-27/h3-6,13-14,28-29H,7-10H2,1-2H3. The Bertz CT molecular complexity index is 793. The van der Waals surface area contributed by atoms with Crippen LogP contribution < -0.4 is 9.47 Å². The van der Waals surface area contributed by atoms with E-state index in [0.717, 1.165) is 29.0 Å². The molecule has 0 bridgehead atoms. The Morgan fingerprint density at radius 2 is 1.03 bits per heavy atom. The second kappa shape index (κ2) is 12.2. The second-order valence-electron chi connectivity index (χ2n) is 7.40. The molecule has 0 spiro atoms. The minimum Gasteiger partial charge on any atom is -0.488 e. The van der Waals surface area contributed by atoms with Crippen LogP contribution in [0.1, 0.15) is 25.0 Å². The van der Waals surface area contributed by atoms with E-state index in [4.69, 9.17) is 32.7 Å². The number of aliphatic hydroxyl groups is 2. The van der Waals surface area contributed by atoms with Crippen molar-refractivity contribution in [1.82, 2.24) is 0 Å². The van der Waals surface area contributed by atoms with Crippen LogP contribution in [0.2, 0.25) is 0 Å². The third-order valence-corrected chi connectivity index (χ3v) is 7.70. The molecule has 2 aromatic carbocycles. The molecule has 2 atom stereocenters. The van der Waals surface area contributed by atoms with Crippen LogP contribution in [0, 0.1) is 0 Å². The van der Waals surface area contributed by atoms with Gasteiger partial charge in [0.1, 0.15) is 36.9 Å². The number of alkyl halides is 2. The maximum atomic E-state index is 9.66. The molecule has 0 saturated heterocycles. The Morgan fingerprint density at radius 3 is 1.29 bits per heavy atom. The molecule has 172 valence electrons. The molecule has 0 aliphatic carbocycles. The van der Waals surface area contributed by atoms with Crippen LogP contribution in [0.5, 0.6) is 11.5 Å². The molecule has 2 N–H and O–H groups in total. The predicted octanol–water partition coefficient (Wildman–Crippen LogP) is 7.02. The van der Waals surface area contributed by atoms with Crippen molar-refractivity contribution in [2.75, 3.05) is 25.0 Å².